The number of fused-ring (bicyclic) bond motifs is 2. The highest BCUT2D eigenvalue weighted by molar-refractivity contribution is 5.75. The summed E-state index contributed by atoms with van der Waals surface area (Å²) < 4.78 is 41.9. The number of alkyl halides is 3. The van der Waals surface area contributed by atoms with Crippen LogP contribution in [0.5, 0.6) is 0 Å². The Bertz CT molecular complexity index is 1410. The van der Waals surface area contributed by atoms with E-state index in [0.717, 1.165) is 32.5 Å². The van der Waals surface area contributed by atoms with Gasteiger partial charge in [0, 0.05) is 39.3 Å². The zero-order chi connectivity index (χ0) is 27.8. The molecular formula is C23H30F3N7O5. The molecule has 0 aromatic carbocycles. The fourth-order valence-electron chi connectivity index (χ4n) is 4.88. The quantitative estimate of drug-likeness (QED) is 0.474. The van der Waals surface area contributed by atoms with E-state index in [9.17, 15) is 22.8 Å². The van der Waals surface area contributed by atoms with Gasteiger partial charge in [0.2, 0.25) is 11.8 Å². The SMILES string of the molecule is CC(C)CCn1c(=O)c2c(nc(N3CCC4CNCC43)n2Cc2ncco2)n(C)c1=O.O=C(O)C(F)(F)F. The first kappa shape index (κ1) is 27.4. The molecule has 5 heterocycles. The highest BCUT2D eigenvalue weighted by Gasteiger charge is 2.40. The molecule has 2 aliphatic rings. The van der Waals surface area contributed by atoms with Crippen LogP contribution in [0.1, 0.15) is 32.6 Å². The first-order chi connectivity index (χ1) is 17.9. The number of halogens is 3. The minimum absolute atomic E-state index is 0.289. The van der Waals surface area contributed by atoms with Gasteiger partial charge < -0.3 is 19.7 Å². The molecule has 2 saturated heterocycles. The number of carbonyl (C=O) groups is 1. The number of nitrogens with zero attached hydrogens (tertiary/aromatic N) is 6. The van der Waals surface area contributed by atoms with Crippen molar-refractivity contribution in [2.75, 3.05) is 24.5 Å². The summed E-state index contributed by atoms with van der Waals surface area (Å²) in [5, 5.41) is 10.6. The van der Waals surface area contributed by atoms with E-state index < -0.39 is 12.1 Å². The van der Waals surface area contributed by atoms with Crippen molar-refractivity contribution >= 4 is 23.1 Å². The number of aryl methyl sites for hydroxylation is 1. The van der Waals surface area contributed by atoms with Gasteiger partial charge in [-0.2, -0.15) is 18.2 Å². The molecule has 0 amide bonds. The van der Waals surface area contributed by atoms with E-state index in [1.165, 1.54) is 15.4 Å². The van der Waals surface area contributed by atoms with Crippen LogP contribution in [0.15, 0.2) is 26.5 Å². The number of nitrogens with one attached hydrogen (secondary N) is 1. The third-order valence-corrected chi connectivity index (χ3v) is 6.86. The lowest BCUT2D eigenvalue weighted by molar-refractivity contribution is -0.192. The summed E-state index contributed by atoms with van der Waals surface area (Å²) in [6, 6.07) is 0.334. The van der Waals surface area contributed by atoms with Crippen molar-refractivity contribution in [3.8, 4) is 0 Å². The van der Waals surface area contributed by atoms with Gasteiger partial charge in [-0.25, -0.2) is 14.6 Å². The number of aliphatic carboxylic acids is 1. The Hall–Kier alpha value is -3.62. The number of carboxylic acid groups (broad SMARTS) is 1. The van der Waals surface area contributed by atoms with E-state index >= 15 is 0 Å². The van der Waals surface area contributed by atoms with Gasteiger partial charge in [0.25, 0.3) is 5.56 Å². The van der Waals surface area contributed by atoms with Crippen LogP contribution in [0.3, 0.4) is 0 Å². The number of imidazole rings is 1. The van der Waals surface area contributed by atoms with Crippen molar-refractivity contribution in [1.82, 2.24) is 29.0 Å². The number of oxazole rings is 1. The first-order valence-electron chi connectivity index (χ1n) is 12.3. The normalized spacial score (nSPS) is 19.2. The lowest BCUT2D eigenvalue weighted by Crippen LogP contribution is -2.40. The van der Waals surface area contributed by atoms with Gasteiger partial charge in [-0.3, -0.25) is 18.5 Å². The maximum Gasteiger partial charge on any atom is 0.490 e. The number of hydrogen-bond donors (Lipinski definition) is 2. The molecule has 0 saturated carbocycles. The van der Waals surface area contributed by atoms with Crippen LogP contribution in [0.25, 0.3) is 11.2 Å². The van der Waals surface area contributed by atoms with Crippen molar-refractivity contribution < 1.29 is 27.5 Å². The highest BCUT2D eigenvalue weighted by Crippen LogP contribution is 2.33. The molecule has 0 bridgehead atoms. The predicted octanol–water partition coefficient (Wildman–Crippen LogP) is 1.41. The van der Waals surface area contributed by atoms with Crippen molar-refractivity contribution in [1.29, 1.82) is 0 Å². The number of aromatic nitrogens is 5. The van der Waals surface area contributed by atoms with Crippen molar-refractivity contribution in [2.45, 2.75) is 52.0 Å². The molecule has 208 valence electrons. The maximum atomic E-state index is 13.5. The molecule has 0 aliphatic carbocycles. The van der Waals surface area contributed by atoms with Crippen LogP contribution in [0.2, 0.25) is 0 Å². The van der Waals surface area contributed by atoms with Gasteiger partial charge in [-0.15, -0.1) is 0 Å². The lowest BCUT2D eigenvalue weighted by Gasteiger charge is -2.25. The van der Waals surface area contributed by atoms with Gasteiger partial charge in [-0.05, 0) is 24.7 Å². The minimum Gasteiger partial charge on any atom is -0.475 e. The second kappa shape index (κ2) is 10.6. The third-order valence-electron chi connectivity index (χ3n) is 6.86. The second-order valence-corrected chi connectivity index (χ2v) is 9.85. The average Bonchev–Trinajstić information content (AvgIpc) is 3.62. The van der Waals surface area contributed by atoms with Crippen molar-refractivity contribution in [3.05, 3.63) is 39.2 Å². The van der Waals surface area contributed by atoms with Gasteiger partial charge in [0.05, 0.1) is 6.20 Å². The summed E-state index contributed by atoms with van der Waals surface area (Å²) in [6.45, 7) is 7.61. The van der Waals surface area contributed by atoms with E-state index in [4.69, 9.17) is 19.3 Å². The molecule has 3 aromatic heterocycles. The first-order valence-corrected chi connectivity index (χ1v) is 12.3. The Kier molecular flexibility index (Phi) is 7.67. The van der Waals surface area contributed by atoms with Crippen LogP contribution in [-0.2, 0) is 24.9 Å². The standard InChI is InChI=1S/C21H29N7O3.C2HF3O2/c1-13(2)4-7-27-19(29)17-18(25(3)21(27)30)24-20(28(17)12-16-23-6-9-31-16)26-8-5-14-10-22-11-15(14)26;3-2(4,5)1(6)7/h6,9,13-15,22H,4-5,7-8,10-12H2,1-3H3;(H,6,7). The Morgan fingerprint density at radius 1 is 1.26 bits per heavy atom. The van der Waals surface area contributed by atoms with Gasteiger partial charge in [0.1, 0.15) is 12.8 Å². The van der Waals surface area contributed by atoms with Crippen LogP contribution >= 0.6 is 0 Å². The van der Waals surface area contributed by atoms with Gasteiger partial charge in [-0.1, -0.05) is 13.8 Å². The summed E-state index contributed by atoms with van der Waals surface area (Å²) in [5.74, 6) is -0.591. The molecule has 2 atom stereocenters. The summed E-state index contributed by atoms with van der Waals surface area (Å²) in [6.07, 6.45) is -0.129. The zero-order valence-corrected chi connectivity index (χ0v) is 21.2. The van der Waals surface area contributed by atoms with Crippen molar-refractivity contribution in [3.63, 3.8) is 0 Å². The molecule has 2 unspecified atom stereocenters. The molecule has 15 heteroatoms. The molecule has 3 aromatic rings. The summed E-state index contributed by atoms with van der Waals surface area (Å²) in [5.41, 5.74) is 0.205. The number of anilines is 1. The minimum atomic E-state index is -5.08. The number of hydrogen-bond acceptors (Lipinski definition) is 8. The molecular weight excluding hydrogens is 511 g/mol. The summed E-state index contributed by atoms with van der Waals surface area (Å²) in [7, 11) is 1.69. The van der Waals surface area contributed by atoms with Crippen LogP contribution in [0.4, 0.5) is 19.1 Å². The lowest BCUT2D eigenvalue weighted by atomic mass is 10.1. The maximum absolute atomic E-state index is 13.5. The fourth-order valence-corrected chi connectivity index (χ4v) is 4.88. The Balaban J connectivity index is 0.000000426. The zero-order valence-electron chi connectivity index (χ0n) is 21.2. The Labute approximate surface area is 214 Å². The Morgan fingerprint density at radius 2 is 1.97 bits per heavy atom. The molecule has 12 nitrogen and oxygen atoms in total. The molecule has 5 rings (SSSR count). The molecule has 2 N–H and O–H groups in total. The smallest absolute Gasteiger partial charge is 0.475 e. The topological polar surface area (TPSA) is 140 Å². The van der Waals surface area contributed by atoms with Crippen LogP contribution in [0, 0.1) is 11.8 Å². The van der Waals surface area contributed by atoms with Crippen molar-refractivity contribution in [2.24, 2.45) is 18.9 Å². The number of carboxylic acids is 1. The van der Waals surface area contributed by atoms with Gasteiger partial charge in [0.15, 0.2) is 11.2 Å². The van der Waals surface area contributed by atoms with E-state index in [1.54, 1.807) is 13.2 Å². The molecule has 0 radical (unpaired) electrons. The molecule has 2 aliphatic heterocycles. The monoisotopic (exact) mass is 541 g/mol. The third kappa shape index (κ3) is 5.33. The summed E-state index contributed by atoms with van der Waals surface area (Å²) >= 11 is 0. The van der Waals surface area contributed by atoms with E-state index in [1.807, 2.05) is 4.57 Å². The van der Waals surface area contributed by atoms with E-state index in [0.29, 0.717) is 47.4 Å². The summed E-state index contributed by atoms with van der Waals surface area (Å²) in [4.78, 5) is 46.8. The average molecular weight is 542 g/mol. The van der Waals surface area contributed by atoms with E-state index in [2.05, 4.69) is 29.0 Å². The highest BCUT2D eigenvalue weighted by atomic mass is 19.4. The fraction of sp³-hybridized carbons (Fsp3) is 0.609. The van der Waals surface area contributed by atoms with Crippen LogP contribution < -0.4 is 21.5 Å². The van der Waals surface area contributed by atoms with Crippen LogP contribution in [-0.4, -0.2) is 66.6 Å². The second-order valence-electron chi connectivity index (χ2n) is 9.85. The molecule has 2 fully saturated rings. The largest absolute Gasteiger partial charge is 0.490 e. The predicted molar refractivity (Wildman–Crippen MR) is 130 cm³/mol. The number of rotatable bonds is 6. The van der Waals surface area contributed by atoms with Gasteiger partial charge >= 0.3 is 17.8 Å². The molecule has 0 spiro atoms. The molecule has 38 heavy (non-hydrogen) atoms. The van der Waals surface area contributed by atoms with E-state index in [-0.39, 0.29) is 17.8 Å². The Morgan fingerprint density at radius 3 is 2.58 bits per heavy atom.